The molecule has 0 amide bonds. The fraction of sp³-hybridized carbons (Fsp3) is 0.312. The van der Waals surface area contributed by atoms with Crippen molar-refractivity contribution in [2.24, 2.45) is 0 Å². The third-order valence-electron chi connectivity index (χ3n) is 7.00. The number of likely N-dealkylation sites (N-methyl/N-ethyl adjacent to an activating group) is 1. The van der Waals surface area contributed by atoms with E-state index in [1.807, 2.05) is 0 Å². The van der Waals surface area contributed by atoms with Crippen molar-refractivity contribution in [1.29, 1.82) is 0 Å². The number of hydrogen-bond donors (Lipinski definition) is 0. The molecule has 1 aliphatic rings. The quantitative estimate of drug-likeness (QED) is 0.329. The van der Waals surface area contributed by atoms with Crippen molar-refractivity contribution >= 4 is 18.5 Å². The molecular formula is C32H38NO2P. The Labute approximate surface area is 218 Å². The summed E-state index contributed by atoms with van der Waals surface area (Å²) in [6, 6.07) is 20.4. The van der Waals surface area contributed by atoms with Crippen LogP contribution in [0.2, 0.25) is 0 Å². The number of hydrogen-bond acceptors (Lipinski definition) is 3. The molecule has 0 aromatic heterocycles. The highest BCUT2D eigenvalue weighted by atomic mass is 31.1. The zero-order chi connectivity index (χ0) is 26.0. The average molecular weight is 500 g/mol. The van der Waals surface area contributed by atoms with Gasteiger partial charge < -0.3 is 9.47 Å². The number of methoxy groups -OCH3 is 2. The molecule has 0 bridgehead atoms. The molecule has 0 saturated carbocycles. The first-order chi connectivity index (χ1) is 17.3. The Kier molecular flexibility index (Phi) is 8.03. The van der Waals surface area contributed by atoms with Gasteiger partial charge in [0.05, 0.1) is 20.3 Å². The van der Waals surface area contributed by atoms with Crippen LogP contribution >= 0.6 is 7.92 Å². The summed E-state index contributed by atoms with van der Waals surface area (Å²) in [6.45, 7) is 8.62. The van der Waals surface area contributed by atoms with Gasteiger partial charge in [0.1, 0.15) is 11.5 Å². The molecule has 0 fully saturated rings. The molecule has 36 heavy (non-hydrogen) atoms. The van der Waals surface area contributed by atoms with Gasteiger partial charge in [0, 0.05) is 5.66 Å². The van der Waals surface area contributed by atoms with Crippen LogP contribution in [0.5, 0.6) is 11.5 Å². The number of aryl methyl sites for hydroxylation is 4. The Bertz CT molecular complexity index is 1190. The molecule has 0 aliphatic heterocycles. The molecule has 2 atom stereocenters. The van der Waals surface area contributed by atoms with Crippen molar-refractivity contribution < 1.29 is 9.47 Å². The van der Waals surface area contributed by atoms with E-state index < -0.39 is 7.92 Å². The van der Waals surface area contributed by atoms with Gasteiger partial charge >= 0.3 is 0 Å². The lowest BCUT2D eigenvalue weighted by molar-refractivity contribution is 0.335. The molecule has 3 aromatic carbocycles. The Hall–Kier alpha value is -2.87. The molecule has 0 unspecified atom stereocenters. The number of rotatable bonds is 8. The third kappa shape index (κ3) is 5.01. The Morgan fingerprint density at radius 2 is 1.22 bits per heavy atom. The fourth-order valence-corrected chi connectivity index (χ4v) is 8.71. The normalized spacial score (nSPS) is 15.9. The van der Waals surface area contributed by atoms with Gasteiger partial charge in [0.25, 0.3) is 0 Å². The van der Waals surface area contributed by atoms with Gasteiger partial charge in [-0.05, 0) is 118 Å². The van der Waals surface area contributed by atoms with E-state index in [-0.39, 0.29) is 11.7 Å². The topological polar surface area (TPSA) is 21.7 Å². The average Bonchev–Trinajstić information content (AvgIpc) is 3.28. The monoisotopic (exact) mass is 499 g/mol. The van der Waals surface area contributed by atoms with Crippen LogP contribution in [0.25, 0.3) is 0 Å². The largest absolute Gasteiger partial charge is 0.496 e. The zero-order valence-corrected chi connectivity index (χ0v) is 23.7. The minimum Gasteiger partial charge on any atom is -0.496 e. The van der Waals surface area contributed by atoms with Gasteiger partial charge in [-0.15, -0.1) is 0 Å². The summed E-state index contributed by atoms with van der Waals surface area (Å²) in [7, 11) is 7.15. The van der Waals surface area contributed by atoms with Crippen molar-refractivity contribution in [1.82, 2.24) is 4.90 Å². The second kappa shape index (κ2) is 11.0. The smallest absolute Gasteiger partial charge is 0.124 e. The number of benzene rings is 3. The van der Waals surface area contributed by atoms with Gasteiger partial charge in [-0.2, -0.15) is 0 Å². The van der Waals surface area contributed by atoms with Crippen molar-refractivity contribution in [3.8, 4) is 11.5 Å². The number of allylic oxidation sites excluding steroid dienone is 3. The van der Waals surface area contributed by atoms with E-state index in [0.29, 0.717) is 0 Å². The van der Waals surface area contributed by atoms with Crippen LogP contribution in [-0.4, -0.2) is 38.9 Å². The highest BCUT2D eigenvalue weighted by Crippen LogP contribution is 2.51. The minimum atomic E-state index is -0.731. The van der Waals surface area contributed by atoms with Crippen molar-refractivity contribution in [2.75, 3.05) is 28.3 Å². The standard InChI is InChI=1S/C32H38NO2P/c1-21-17-26(18-22(2)31(21)34-7)36(27-19-23(3)32(35-8)24(4)20-27)29-16-12-15-28(29)30(33(5)6)25-13-10-9-11-14-25/h9-20,29-30H,1-8H3/t29-,30+/m1/s1. The summed E-state index contributed by atoms with van der Waals surface area (Å²) < 4.78 is 11.4. The maximum absolute atomic E-state index is 5.72. The first-order valence-electron chi connectivity index (χ1n) is 12.5. The molecule has 4 heteroatoms. The molecule has 0 N–H and O–H groups in total. The molecule has 1 aliphatic carbocycles. The van der Waals surface area contributed by atoms with Gasteiger partial charge in [-0.1, -0.05) is 48.6 Å². The predicted molar refractivity (Wildman–Crippen MR) is 155 cm³/mol. The molecule has 3 aromatic rings. The summed E-state index contributed by atoms with van der Waals surface area (Å²) in [4.78, 5) is 2.34. The summed E-state index contributed by atoms with van der Waals surface area (Å²) in [5, 5.41) is 2.75. The maximum Gasteiger partial charge on any atom is 0.124 e. The highest BCUT2D eigenvalue weighted by Gasteiger charge is 2.34. The van der Waals surface area contributed by atoms with Crippen LogP contribution in [0.4, 0.5) is 0 Å². The van der Waals surface area contributed by atoms with Gasteiger partial charge in [-0.3, -0.25) is 4.90 Å². The third-order valence-corrected chi connectivity index (χ3v) is 9.66. The summed E-state index contributed by atoms with van der Waals surface area (Å²) >= 11 is 0. The second-order valence-electron chi connectivity index (χ2n) is 9.87. The zero-order valence-electron chi connectivity index (χ0n) is 22.8. The van der Waals surface area contributed by atoms with E-state index >= 15 is 0 Å². The molecule has 0 saturated heterocycles. The van der Waals surface area contributed by atoms with Crippen molar-refractivity contribution in [3.63, 3.8) is 0 Å². The van der Waals surface area contributed by atoms with E-state index in [9.17, 15) is 0 Å². The lowest BCUT2D eigenvalue weighted by atomic mass is 9.97. The molecule has 4 rings (SSSR count). The molecule has 188 valence electrons. The predicted octanol–water partition coefficient (Wildman–Crippen LogP) is 6.54. The van der Waals surface area contributed by atoms with Crippen LogP contribution < -0.4 is 20.1 Å². The van der Waals surface area contributed by atoms with Crippen molar-refractivity contribution in [3.05, 3.63) is 106 Å². The minimum absolute atomic E-state index is 0.206. The van der Waals surface area contributed by atoms with E-state index in [0.717, 1.165) is 11.5 Å². The lowest BCUT2D eigenvalue weighted by Gasteiger charge is -2.35. The van der Waals surface area contributed by atoms with Crippen LogP contribution in [0.1, 0.15) is 33.9 Å². The Balaban J connectivity index is 1.91. The van der Waals surface area contributed by atoms with E-state index in [1.165, 1.54) is 44.0 Å². The van der Waals surface area contributed by atoms with Gasteiger partial charge in [0.15, 0.2) is 0 Å². The van der Waals surface area contributed by atoms with Crippen LogP contribution in [0.15, 0.2) is 78.4 Å². The Morgan fingerprint density at radius 3 is 1.64 bits per heavy atom. The molecule has 0 spiro atoms. The number of ether oxygens (including phenoxy) is 2. The van der Waals surface area contributed by atoms with E-state index in [4.69, 9.17) is 9.47 Å². The Morgan fingerprint density at radius 1 is 0.750 bits per heavy atom. The summed E-state index contributed by atoms with van der Waals surface area (Å²) in [5.74, 6) is 1.95. The highest BCUT2D eigenvalue weighted by molar-refractivity contribution is 7.74. The van der Waals surface area contributed by atoms with E-state index in [1.54, 1.807) is 14.2 Å². The SMILES string of the molecule is COc1c(C)cc(P(c2cc(C)c(OC)c(C)c2)[C@@H]2C=CC=C2[C@H](c2ccccc2)N(C)C)cc1C. The first kappa shape index (κ1) is 26.2. The summed E-state index contributed by atoms with van der Waals surface area (Å²) in [6.07, 6.45) is 7.00. The van der Waals surface area contributed by atoms with Crippen LogP contribution in [0.3, 0.4) is 0 Å². The molecular weight excluding hydrogens is 461 g/mol. The van der Waals surface area contributed by atoms with Crippen LogP contribution in [0, 0.1) is 27.7 Å². The second-order valence-corrected chi connectivity index (χ2v) is 12.2. The van der Waals surface area contributed by atoms with Gasteiger partial charge in [-0.25, -0.2) is 0 Å². The molecule has 0 heterocycles. The van der Waals surface area contributed by atoms with E-state index in [2.05, 4.69) is 120 Å². The van der Waals surface area contributed by atoms with Gasteiger partial charge in [0.2, 0.25) is 0 Å². The lowest BCUT2D eigenvalue weighted by Crippen LogP contribution is -2.29. The van der Waals surface area contributed by atoms with Crippen molar-refractivity contribution in [2.45, 2.75) is 39.4 Å². The maximum atomic E-state index is 5.72. The van der Waals surface area contributed by atoms with Crippen LogP contribution in [-0.2, 0) is 0 Å². The fourth-order valence-electron chi connectivity index (χ4n) is 5.64. The number of nitrogens with zero attached hydrogens (tertiary/aromatic N) is 1. The molecule has 3 nitrogen and oxygen atoms in total. The first-order valence-corrected chi connectivity index (χ1v) is 13.9. The molecule has 0 radical (unpaired) electrons. The summed E-state index contributed by atoms with van der Waals surface area (Å²) in [5.41, 5.74) is 7.77.